The summed E-state index contributed by atoms with van der Waals surface area (Å²) in [6, 6.07) is 9.74. The number of nitro groups is 1. The normalized spacial score (nSPS) is 14.4. The number of anilines is 1. The van der Waals surface area contributed by atoms with Crippen LogP contribution in [0.15, 0.2) is 47.4 Å². The standard InChI is InChI=1S/C15H13FN2O4S/c16-13-8-7-12(10-15(13)18(19)20)23(21,22)17-9-3-5-11-4-1-2-6-14(11)17/h1-2,4,6-8,10H,3,5,9H2. The molecule has 0 saturated heterocycles. The predicted octanol–water partition coefficient (Wildman–Crippen LogP) is 2.88. The van der Waals surface area contributed by atoms with Gasteiger partial charge < -0.3 is 0 Å². The Labute approximate surface area is 132 Å². The van der Waals surface area contributed by atoms with Crippen LogP contribution in [0.5, 0.6) is 0 Å². The highest BCUT2D eigenvalue weighted by atomic mass is 32.2. The third-order valence-electron chi connectivity index (χ3n) is 3.77. The molecule has 2 aromatic carbocycles. The van der Waals surface area contributed by atoms with Gasteiger partial charge in [-0.1, -0.05) is 18.2 Å². The summed E-state index contributed by atoms with van der Waals surface area (Å²) in [5, 5.41) is 10.8. The minimum atomic E-state index is -3.99. The van der Waals surface area contributed by atoms with Crippen molar-refractivity contribution in [2.75, 3.05) is 10.8 Å². The highest BCUT2D eigenvalue weighted by molar-refractivity contribution is 7.92. The van der Waals surface area contributed by atoms with E-state index >= 15 is 0 Å². The number of nitro benzene ring substituents is 1. The molecule has 0 unspecified atom stereocenters. The van der Waals surface area contributed by atoms with E-state index in [1.54, 1.807) is 12.1 Å². The van der Waals surface area contributed by atoms with E-state index in [2.05, 4.69) is 0 Å². The number of hydrogen-bond donors (Lipinski definition) is 0. The van der Waals surface area contributed by atoms with Gasteiger partial charge in [-0.05, 0) is 36.6 Å². The monoisotopic (exact) mass is 336 g/mol. The van der Waals surface area contributed by atoms with Gasteiger partial charge in [0.15, 0.2) is 0 Å². The van der Waals surface area contributed by atoms with Crippen LogP contribution in [0.1, 0.15) is 12.0 Å². The van der Waals surface area contributed by atoms with E-state index in [9.17, 15) is 22.9 Å². The Morgan fingerprint density at radius 3 is 2.65 bits per heavy atom. The van der Waals surface area contributed by atoms with Crippen LogP contribution >= 0.6 is 0 Å². The first-order chi connectivity index (χ1) is 10.9. The van der Waals surface area contributed by atoms with Gasteiger partial charge in [0.25, 0.3) is 10.0 Å². The summed E-state index contributed by atoms with van der Waals surface area (Å²) < 4.78 is 40.3. The van der Waals surface area contributed by atoms with Crippen LogP contribution in [0, 0.1) is 15.9 Å². The highest BCUT2D eigenvalue weighted by Gasteiger charge is 2.30. The smallest absolute Gasteiger partial charge is 0.266 e. The maximum Gasteiger partial charge on any atom is 0.306 e. The lowest BCUT2D eigenvalue weighted by molar-refractivity contribution is -0.387. The Bertz CT molecular complexity index is 883. The zero-order valence-corrected chi connectivity index (χ0v) is 12.8. The second-order valence-electron chi connectivity index (χ2n) is 5.18. The molecule has 1 aliphatic rings. The van der Waals surface area contributed by atoms with E-state index in [0.717, 1.165) is 30.2 Å². The van der Waals surface area contributed by atoms with Gasteiger partial charge in [0.05, 0.1) is 15.5 Å². The topological polar surface area (TPSA) is 80.5 Å². The molecule has 23 heavy (non-hydrogen) atoms. The van der Waals surface area contributed by atoms with E-state index in [0.29, 0.717) is 12.1 Å². The first-order valence-electron chi connectivity index (χ1n) is 6.96. The van der Waals surface area contributed by atoms with Crippen LogP contribution in [-0.2, 0) is 16.4 Å². The van der Waals surface area contributed by atoms with Gasteiger partial charge in [-0.2, -0.15) is 4.39 Å². The molecule has 0 atom stereocenters. The van der Waals surface area contributed by atoms with Gasteiger partial charge in [0.1, 0.15) is 0 Å². The molecular formula is C15H13FN2O4S. The number of aryl methyl sites for hydroxylation is 1. The highest BCUT2D eigenvalue weighted by Crippen LogP contribution is 2.33. The Hall–Kier alpha value is -2.48. The maximum atomic E-state index is 13.4. The molecule has 8 heteroatoms. The zero-order chi connectivity index (χ0) is 16.6. The Balaban J connectivity index is 2.10. The third-order valence-corrected chi connectivity index (χ3v) is 5.58. The molecular weight excluding hydrogens is 323 g/mol. The Morgan fingerprint density at radius 2 is 1.91 bits per heavy atom. The van der Waals surface area contributed by atoms with Crippen molar-refractivity contribution in [3.05, 3.63) is 64.0 Å². The van der Waals surface area contributed by atoms with Crippen molar-refractivity contribution in [2.24, 2.45) is 0 Å². The molecule has 0 N–H and O–H groups in total. The molecule has 0 amide bonds. The molecule has 0 saturated carbocycles. The van der Waals surface area contributed by atoms with Gasteiger partial charge in [-0.3, -0.25) is 14.4 Å². The molecule has 0 aromatic heterocycles. The van der Waals surface area contributed by atoms with E-state index in [4.69, 9.17) is 0 Å². The molecule has 3 rings (SSSR count). The lowest BCUT2D eigenvalue weighted by Gasteiger charge is -2.30. The molecule has 0 aliphatic carbocycles. The summed E-state index contributed by atoms with van der Waals surface area (Å²) in [4.78, 5) is 9.61. The Morgan fingerprint density at radius 1 is 1.17 bits per heavy atom. The molecule has 0 spiro atoms. The van der Waals surface area contributed by atoms with Crippen molar-refractivity contribution in [2.45, 2.75) is 17.7 Å². The minimum Gasteiger partial charge on any atom is -0.266 e. The lowest BCUT2D eigenvalue weighted by Crippen LogP contribution is -2.35. The van der Waals surface area contributed by atoms with Crippen LogP contribution in [-0.4, -0.2) is 19.9 Å². The van der Waals surface area contributed by atoms with E-state index < -0.39 is 26.5 Å². The van der Waals surface area contributed by atoms with E-state index in [-0.39, 0.29) is 11.4 Å². The molecule has 1 heterocycles. The first-order valence-corrected chi connectivity index (χ1v) is 8.40. The summed E-state index contributed by atoms with van der Waals surface area (Å²) in [6.45, 7) is 0.282. The van der Waals surface area contributed by atoms with Crippen LogP contribution in [0.4, 0.5) is 15.8 Å². The van der Waals surface area contributed by atoms with Gasteiger partial charge in [-0.15, -0.1) is 0 Å². The fourth-order valence-corrected chi connectivity index (χ4v) is 4.23. The molecule has 0 bridgehead atoms. The molecule has 0 radical (unpaired) electrons. The SMILES string of the molecule is O=[N+]([O-])c1cc(S(=O)(=O)N2CCCc3ccccc32)ccc1F. The number of hydrogen-bond acceptors (Lipinski definition) is 4. The zero-order valence-electron chi connectivity index (χ0n) is 12.0. The van der Waals surface area contributed by atoms with Crippen molar-refractivity contribution in [1.82, 2.24) is 0 Å². The average molecular weight is 336 g/mol. The Kier molecular flexibility index (Phi) is 3.77. The minimum absolute atomic E-state index is 0.282. The first kappa shape index (κ1) is 15.4. The second-order valence-corrected chi connectivity index (χ2v) is 7.04. The van der Waals surface area contributed by atoms with Crippen LogP contribution < -0.4 is 4.31 Å². The molecule has 120 valence electrons. The quantitative estimate of drug-likeness (QED) is 0.637. The third kappa shape index (κ3) is 2.65. The van der Waals surface area contributed by atoms with Crippen molar-refractivity contribution < 1.29 is 17.7 Å². The average Bonchev–Trinajstić information content (AvgIpc) is 2.54. The number of nitrogens with zero attached hydrogens (tertiary/aromatic N) is 2. The van der Waals surface area contributed by atoms with Crippen LogP contribution in [0.3, 0.4) is 0 Å². The van der Waals surface area contributed by atoms with Gasteiger partial charge in [0.2, 0.25) is 5.82 Å². The summed E-state index contributed by atoms with van der Waals surface area (Å²) in [6.07, 6.45) is 1.42. The number of para-hydroxylation sites is 1. The number of rotatable bonds is 3. The van der Waals surface area contributed by atoms with Crippen molar-refractivity contribution >= 4 is 21.4 Å². The molecule has 2 aromatic rings. The van der Waals surface area contributed by atoms with Crippen molar-refractivity contribution in [1.29, 1.82) is 0 Å². The molecule has 1 aliphatic heterocycles. The summed E-state index contributed by atoms with van der Waals surface area (Å²) in [5.74, 6) is -1.06. The van der Waals surface area contributed by atoms with Crippen LogP contribution in [0.25, 0.3) is 0 Å². The summed E-state index contributed by atoms with van der Waals surface area (Å²) in [7, 11) is -3.99. The maximum absolute atomic E-state index is 13.4. The summed E-state index contributed by atoms with van der Waals surface area (Å²) in [5.41, 5.74) is 0.612. The summed E-state index contributed by atoms with van der Waals surface area (Å²) >= 11 is 0. The van der Waals surface area contributed by atoms with Crippen molar-refractivity contribution in [3.8, 4) is 0 Å². The van der Waals surface area contributed by atoms with Gasteiger partial charge in [0, 0.05) is 12.6 Å². The molecule has 6 nitrogen and oxygen atoms in total. The fraction of sp³-hybridized carbons (Fsp3) is 0.200. The number of fused-ring (bicyclic) bond motifs is 1. The predicted molar refractivity (Wildman–Crippen MR) is 82.3 cm³/mol. The largest absolute Gasteiger partial charge is 0.306 e. The van der Waals surface area contributed by atoms with Gasteiger partial charge >= 0.3 is 5.69 Å². The lowest BCUT2D eigenvalue weighted by atomic mass is 10.0. The second kappa shape index (κ2) is 5.62. The van der Waals surface area contributed by atoms with E-state index in [1.807, 2.05) is 12.1 Å². The van der Waals surface area contributed by atoms with Crippen LogP contribution in [0.2, 0.25) is 0 Å². The van der Waals surface area contributed by atoms with Gasteiger partial charge in [-0.25, -0.2) is 8.42 Å². The number of halogens is 1. The number of benzene rings is 2. The van der Waals surface area contributed by atoms with Crippen molar-refractivity contribution in [3.63, 3.8) is 0 Å². The molecule has 0 fully saturated rings. The van der Waals surface area contributed by atoms with E-state index in [1.165, 1.54) is 4.31 Å². The number of sulfonamides is 1. The fourth-order valence-electron chi connectivity index (χ4n) is 2.67.